The Hall–Kier alpha value is -2.60. The number of amides is 2. The molecule has 120 valence electrons. The van der Waals surface area contributed by atoms with Crippen LogP contribution in [0.25, 0.3) is 5.65 Å². The third-order valence-corrected chi connectivity index (χ3v) is 5.17. The predicted octanol–water partition coefficient (Wildman–Crippen LogP) is 3.11. The Morgan fingerprint density at radius 3 is 2.46 bits per heavy atom. The number of hydrogen-bond acceptors (Lipinski definition) is 4. The van der Waals surface area contributed by atoms with Crippen molar-refractivity contribution in [2.75, 3.05) is 12.3 Å². The van der Waals surface area contributed by atoms with E-state index in [1.165, 1.54) is 4.90 Å². The third kappa shape index (κ3) is 2.49. The number of hydrogen-bond donors (Lipinski definition) is 0. The van der Waals surface area contributed by atoms with Crippen LogP contribution in [0.15, 0.2) is 59.9 Å². The number of imidazole rings is 1. The Morgan fingerprint density at radius 2 is 1.71 bits per heavy atom. The van der Waals surface area contributed by atoms with Crippen LogP contribution in [-0.4, -0.2) is 38.4 Å². The minimum Gasteiger partial charge on any atom is -0.294 e. The highest BCUT2D eigenvalue weighted by atomic mass is 32.2. The van der Waals surface area contributed by atoms with Gasteiger partial charge in [0, 0.05) is 24.7 Å². The Kier molecular flexibility index (Phi) is 3.82. The molecule has 0 spiro atoms. The second-order valence-electron chi connectivity index (χ2n) is 5.53. The van der Waals surface area contributed by atoms with Crippen molar-refractivity contribution in [2.24, 2.45) is 0 Å². The van der Waals surface area contributed by atoms with Gasteiger partial charge in [0.15, 0.2) is 0 Å². The molecule has 3 aromatic rings. The first kappa shape index (κ1) is 15.0. The maximum absolute atomic E-state index is 12.3. The van der Waals surface area contributed by atoms with Gasteiger partial charge in [-0.1, -0.05) is 18.2 Å². The molecule has 4 rings (SSSR count). The van der Waals surface area contributed by atoms with Gasteiger partial charge >= 0.3 is 0 Å². The van der Waals surface area contributed by atoms with E-state index in [0.29, 0.717) is 17.7 Å². The van der Waals surface area contributed by atoms with Gasteiger partial charge in [-0.3, -0.25) is 18.9 Å². The average molecular weight is 337 g/mol. The van der Waals surface area contributed by atoms with Crippen molar-refractivity contribution < 1.29 is 9.59 Å². The van der Waals surface area contributed by atoms with Crippen LogP contribution >= 0.6 is 11.8 Å². The summed E-state index contributed by atoms with van der Waals surface area (Å²) in [5.74, 6) is 0.458. The lowest BCUT2D eigenvalue weighted by Crippen LogP contribution is -2.31. The molecule has 6 heteroatoms. The zero-order chi connectivity index (χ0) is 16.5. The van der Waals surface area contributed by atoms with Gasteiger partial charge in [0.25, 0.3) is 11.8 Å². The first-order valence-corrected chi connectivity index (χ1v) is 8.74. The zero-order valence-electron chi connectivity index (χ0n) is 12.9. The van der Waals surface area contributed by atoms with Crippen molar-refractivity contribution in [1.29, 1.82) is 0 Å². The molecule has 0 unspecified atom stereocenters. The second kappa shape index (κ2) is 6.13. The summed E-state index contributed by atoms with van der Waals surface area (Å²) < 4.78 is 2.03. The van der Waals surface area contributed by atoms with Gasteiger partial charge in [-0.2, -0.15) is 0 Å². The minimum absolute atomic E-state index is 0.183. The van der Waals surface area contributed by atoms with E-state index in [-0.39, 0.29) is 11.8 Å². The molecule has 0 saturated carbocycles. The van der Waals surface area contributed by atoms with Crippen LogP contribution in [0.1, 0.15) is 27.1 Å². The van der Waals surface area contributed by atoms with Crippen molar-refractivity contribution in [1.82, 2.24) is 14.3 Å². The van der Waals surface area contributed by atoms with E-state index in [2.05, 4.69) is 4.98 Å². The lowest BCUT2D eigenvalue weighted by molar-refractivity contribution is 0.0655. The molecule has 0 aliphatic carbocycles. The number of aromatic nitrogens is 2. The summed E-state index contributed by atoms with van der Waals surface area (Å²) in [5, 5.41) is 1.10. The fourth-order valence-electron chi connectivity index (χ4n) is 2.88. The number of fused-ring (bicyclic) bond motifs is 2. The summed E-state index contributed by atoms with van der Waals surface area (Å²) in [4.78, 5) is 30.2. The van der Waals surface area contributed by atoms with Crippen molar-refractivity contribution in [3.05, 3.63) is 66.0 Å². The van der Waals surface area contributed by atoms with Gasteiger partial charge in [0.1, 0.15) is 5.65 Å². The molecule has 5 nitrogen and oxygen atoms in total. The summed E-state index contributed by atoms with van der Waals surface area (Å²) in [6, 6.07) is 13.0. The number of carbonyl (C=O) groups excluding carboxylic acids is 2. The molecule has 1 aliphatic heterocycles. The first-order chi connectivity index (χ1) is 11.8. The standard InChI is InChI=1S/C18H15N3O2S/c22-17-13-5-1-2-6-14(13)18(23)21(17)10-4-12-24-16-8-3-7-15-19-9-11-20(15)16/h1-3,5-9,11H,4,10,12H2. The van der Waals surface area contributed by atoms with E-state index in [1.54, 1.807) is 42.2 Å². The van der Waals surface area contributed by atoms with Crippen LogP contribution in [0.3, 0.4) is 0 Å². The molecule has 0 radical (unpaired) electrons. The zero-order valence-corrected chi connectivity index (χ0v) is 13.7. The molecule has 0 fully saturated rings. The normalized spacial score (nSPS) is 13.8. The van der Waals surface area contributed by atoms with Crippen molar-refractivity contribution in [3.8, 4) is 0 Å². The smallest absolute Gasteiger partial charge is 0.261 e. The Morgan fingerprint density at radius 1 is 0.958 bits per heavy atom. The lowest BCUT2D eigenvalue weighted by Gasteiger charge is -2.13. The van der Waals surface area contributed by atoms with E-state index in [1.807, 2.05) is 28.8 Å². The van der Waals surface area contributed by atoms with Gasteiger partial charge in [-0.25, -0.2) is 4.98 Å². The number of pyridine rings is 1. The highest BCUT2D eigenvalue weighted by Crippen LogP contribution is 2.24. The van der Waals surface area contributed by atoms with E-state index < -0.39 is 0 Å². The summed E-state index contributed by atoms with van der Waals surface area (Å²) in [7, 11) is 0. The van der Waals surface area contributed by atoms with Crippen LogP contribution in [0.2, 0.25) is 0 Å². The summed E-state index contributed by atoms with van der Waals surface area (Å²) in [5.41, 5.74) is 1.94. The van der Waals surface area contributed by atoms with E-state index in [9.17, 15) is 9.59 Å². The van der Waals surface area contributed by atoms with Gasteiger partial charge in [0.05, 0.1) is 16.2 Å². The van der Waals surface area contributed by atoms with E-state index in [0.717, 1.165) is 22.8 Å². The van der Waals surface area contributed by atoms with Crippen molar-refractivity contribution in [2.45, 2.75) is 11.4 Å². The fourth-order valence-corrected chi connectivity index (χ4v) is 3.83. The van der Waals surface area contributed by atoms with E-state index >= 15 is 0 Å². The average Bonchev–Trinajstić information content (AvgIpc) is 3.18. The molecule has 3 heterocycles. The number of carbonyl (C=O) groups is 2. The SMILES string of the molecule is O=C1c2ccccc2C(=O)N1CCCSc1cccc2nccn12. The van der Waals surface area contributed by atoms with Crippen LogP contribution in [0, 0.1) is 0 Å². The summed E-state index contributed by atoms with van der Waals surface area (Å²) in [6.07, 6.45) is 4.46. The molecule has 0 saturated heterocycles. The number of thioether (sulfide) groups is 1. The molecule has 2 aromatic heterocycles. The molecule has 2 amide bonds. The number of nitrogens with zero attached hydrogens (tertiary/aromatic N) is 3. The molecule has 0 bridgehead atoms. The Labute approximate surface area is 143 Å². The Balaban J connectivity index is 1.38. The lowest BCUT2D eigenvalue weighted by atomic mass is 10.1. The summed E-state index contributed by atoms with van der Waals surface area (Å²) >= 11 is 1.70. The van der Waals surface area contributed by atoms with Crippen LogP contribution in [0.4, 0.5) is 0 Å². The number of benzene rings is 1. The predicted molar refractivity (Wildman–Crippen MR) is 92.3 cm³/mol. The monoisotopic (exact) mass is 337 g/mol. The second-order valence-corrected chi connectivity index (χ2v) is 6.64. The fraction of sp³-hybridized carbons (Fsp3) is 0.167. The van der Waals surface area contributed by atoms with Crippen LogP contribution < -0.4 is 0 Å². The third-order valence-electron chi connectivity index (χ3n) is 4.05. The maximum Gasteiger partial charge on any atom is 0.261 e. The van der Waals surface area contributed by atoms with Crippen molar-refractivity contribution >= 4 is 29.2 Å². The molecule has 1 aliphatic rings. The molecule has 0 N–H and O–H groups in total. The van der Waals surface area contributed by atoms with Gasteiger partial charge in [0.2, 0.25) is 0 Å². The van der Waals surface area contributed by atoms with Gasteiger partial charge in [-0.15, -0.1) is 11.8 Å². The van der Waals surface area contributed by atoms with Crippen LogP contribution in [-0.2, 0) is 0 Å². The molecular weight excluding hydrogens is 322 g/mol. The number of rotatable bonds is 5. The molecule has 24 heavy (non-hydrogen) atoms. The first-order valence-electron chi connectivity index (χ1n) is 7.76. The minimum atomic E-state index is -0.183. The highest BCUT2D eigenvalue weighted by molar-refractivity contribution is 7.99. The quantitative estimate of drug-likeness (QED) is 0.408. The maximum atomic E-state index is 12.3. The summed E-state index contributed by atoms with van der Waals surface area (Å²) in [6.45, 7) is 0.444. The molecule has 1 aromatic carbocycles. The van der Waals surface area contributed by atoms with Gasteiger partial charge < -0.3 is 0 Å². The molecular formula is C18H15N3O2S. The van der Waals surface area contributed by atoms with Gasteiger partial charge in [-0.05, 0) is 30.7 Å². The largest absolute Gasteiger partial charge is 0.294 e. The van der Waals surface area contributed by atoms with E-state index in [4.69, 9.17) is 0 Å². The highest BCUT2D eigenvalue weighted by Gasteiger charge is 2.34. The number of imide groups is 1. The van der Waals surface area contributed by atoms with Crippen molar-refractivity contribution in [3.63, 3.8) is 0 Å². The molecule has 0 atom stereocenters. The van der Waals surface area contributed by atoms with Crippen LogP contribution in [0.5, 0.6) is 0 Å². The topological polar surface area (TPSA) is 54.7 Å². The Bertz CT molecular complexity index is 900.